The van der Waals surface area contributed by atoms with E-state index in [9.17, 15) is 4.79 Å². The zero-order chi connectivity index (χ0) is 14.2. The highest BCUT2D eigenvalue weighted by molar-refractivity contribution is 5.90. The third-order valence-corrected chi connectivity index (χ3v) is 3.35. The third kappa shape index (κ3) is 2.59. The second-order valence-electron chi connectivity index (χ2n) is 5.54. The first-order valence-corrected chi connectivity index (χ1v) is 6.49. The van der Waals surface area contributed by atoms with Gasteiger partial charge in [0.1, 0.15) is 5.82 Å². The number of nitrogens with zero attached hydrogens (tertiary/aromatic N) is 2. The molecule has 0 atom stereocenters. The van der Waals surface area contributed by atoms with E-state index >= 15 is 0 Å². The molecule has 0 aliphatic rings. The number of rotatable bonds is 4. The summed E-state index contributed by atoms with van der Waals surface area (Å²) >= 11 is 0. The highest BCUT2D eigenvalue weighted by Crippen LogP contribution is 2.30. The Bertz CT molecular complexity index is 594. The van der Waals surface area contributed by atoms with Gasteiger partial charge in [-0.1, -0.05) is 27.7 Å². The van der Waals surface area contributed by atoms with Gasteiger partial charge in [0.2, 0.25) is 0 Å². The van der Waals surface area contributed by atoms with Crippen molar-refractivity contribution in [1.82, 2.24) is 15.0 Å². The molecule has 5 heteroatoms. The number of carboxylic acid groups (broad SMARTS) is 1. The van der Waals surface area contributed by atoms with E-state index in [0.717, 1.165) is 5.82 Å². The van der Waals surface area contributed by atoms with Crippen molar-refractivity contribution in [3.05, 3.63) is 23.7 Å². The van der Waals surface area contributed by atoms with E-state index in [1.54, 1.807) is 6.07 Å². The van der Waals surface area contributed by atoms with Crippen molar-refractivity contribution in [3.8, 4) is 0 Å². The smallest absolute Gasteiger partial charge is 0.337 e. The van der Waals surface area contributed by atoms with E-state index in [-0.39, 0.29) is 5.56 Å². The average molecular weight is 261 g/mol. The molecule has 102 valence electrons. The van der Waals surface area contributed by atoms with Crippen LogP contribution in [0, 0.1) is 11.8 Å². The molecule has 0 saturated carbocycles. The molecule has 2 aromatic heterocycles. The van der Waals surface area contributed by atoms with Crippen LogP contribution in [0.4, 0.5) is 0 Å². The molecule has 5 nitrogen and oxygen atoms in total. The first kappa shape index (κ1) is 13.5. The van der Waals surface area contributed by atoms with Gasteiger partial charge in [-0.2, -0.15) is 0 Å². The molecule has 19 heavy (non-hydrogen) atoms. The zero-order valence-corrected chi connectivity index (χ0v) is 11.6. The molecule has 0 aromatic carbocycles. The minimum absolute atomic E-state index is 0.174. The second-order valence-corrected chi connectivity index (χ2v) is 5.54. The number of pyridine rings is 1. The van der Waals surface area contributed by atoms with Crippen LogP contribution in [0.3, 0.4) is 0 Å². The third-order valence-electron chi connectivity index (χ3n) is 3.35. The maximum absolute atomic E-state index is 10.9. The van der Waals surface area contributed by atoms with E-state index in [0.29, 0.717) is 28.9 Å². The molecule has 0 spiro atoms. The topological polar surface area (TPSA) is 78.9 Å². The molecule has 2 heterocycles. The Morgan fingerprint density at radius 2 is 1.89 bits per heavy atom. The molecular weight excluding hydrogens is 242 g/mol. The van der Waals surface area contributed by atoms with Crippen LogP contribution in [-0.4, -0.2) is 26.0 Å². The van der Waals surface area contributed by atoms with Gasteiger partial charge in [-0.3, -0.25) is 0 Å². The fraction of sp³-hybridized carbons (Fsp3) is 0.500. The standard InChI is InChI=1S/C14H19N3O2/c1-7(2)11(8(3)4)13-16-10-5-9(14(18)19)6-15-12(10)17-13/h5-8,11H,1-4H3,(H,18,19)(H,15,16,17). The van der Waals surface area contributed by atoms with E-state index in [1.807, 2.05) is 0 Å². The summed E-state index contributed by atoms with van der Waals surface area (Å²) in [4.78, 5) is 22.7. The van der Waals surface area contributed by atoms with E-state index in [2.05, 4.69) is 42.6 Å². The lowest BCUT2D eigenvalue weighted by atomic mass is 9.85. The molecule has 2 rings (SSSR count). The summed E-state index contributed by atoms with van der Waals surface area (Å²) in [6.45, 7) is 8.64. The van der Waals surface area contributed by atoms with Gasteiger partial charge in [-0.05, 0) is 17.9 Å². The van der Waals surface area contributed by atoms with Gasteiger partial charge < -0.3 is 10.1 Å². The average Bonchev–Trinajstić information content (AvgIpc) is 2.69. The largest absolute Gasteiger partial charge is 0.478 e. The lowest BCUT2D eigenvalue weighted by Gasteiger charge is -2.22. The Hall–Kier alpha value is -1.91. The normalized spacial score (nSPS) is 11.9. The number of carboxylic acids is 1. The van der Waals surface area contributed by atoms with E-state index in [4.69, 9.17) is 5.11 Å². The summed E-state index contributed by atoms with van der Waals surface area (Å²) < 4.78 is 0. The monoisotopic (exact) mass is 261 g/mol. The summed E-state index contributed by atoms with van der Waals surface area (Å²) in [5.41, 5.74) is 1.43. The lowest BCUT2D eigenvalue weighted by molar-refractivity contribution is 0.0696. The van der Waals surface area contributed by atoms with Crippen molar-refractivity contribution in [3.63, 3.8) is 0 Å². The molecule has 2 N–H and O–H groups in total. The Labute approximate surface area is 112 Å². The van der Waals surface area contributed by atoms with Gasteiger partial charge in [0.05, 0.1) is 11.1 Å². The summed E-state index contributed by atoms with van der Waals surface area (Å²) in [7, 11) is 0. The molecule has 0 radical (unpaired) electrons. The van der Waals surface area contributed by atoms with Gasteiger partial charge in [0.25, 0.3) is 0 Å². The first-order chi connectivity index (χ1) is 8.90. The number of hydrogen-bond donors (Lipinski definition) is 2. The van der Waals surface area contributed by atoms with Crippen LogP contribution >= 0.6 is 0 Å². The molecule has 2 aromatic rings. The summed E-state index contributed by atoms with van der Waals surface area (Å²) in [6, 6.07) is 1.58. The molecule has 0 bridgehead atoms. The van der Waals surface area contributed by atoms with Crippen molar-refractivity contribution < 1.29 is 9.90 Å². The van der Waals surface area contributed by atoms with Crippen LogP contribution in [0.5, 0.6) is 0 Å². The lowest BCUT2D eigenvalue weighted by Crippen LogP contribution is -2.14. The van der Waals surface area contributed by atoms with Crippen LogP contribution < -0.4 is 0 Å². The molecule has 0 saturated heterocycles. The van der Waals surface area contributed by atoms with E-state index < -0.39 is 5.97 Å². The summed E-state index contributed by atoms with van der Waals surface area (Å²) in [6.07, 6.45) is 1.34. The van der Waals surface area contributed by atoms with Crippen LogP contribution in [0.1, 0.15) is 49.8 Å². The van der Waals surface area contributed by atoms with Crippen molar-refractivity contribution in [2.45, 2.75) is 33.6 Å². The second kappa shape index (κ2) is 4.99. The molecule has 0 amide bonds. The van der Waals surface area contributed by atoms with Crippen LogP contribution in [-0.2, 0) is 0 Å². The molecular formula is C14H19N3O2. The number of imidazole rings is 1. The first-order valence-electron chi connectivity index (χ1n) is 6.49. The summed E-state index contributed by atoms with van der Waals surface area (Å²) in [5, 5.41) is 8.96. The van der Waals surface area contributed by atoms with Gasteiger partial charge in [-0.15, -0.1) is 0 Å². The van der Waals surface area contributed by atoms with Crippen molar-refractivity contribution in [2.24, 2.45) is 11.8 Å². The predicted octanol–water partition coefficient (Wildman–Crippen LogP) is 3.05. The predicted molar refractivity (Wildman–Crippen MR) is 73.3 cm³/mol. The Kier molecular flexibility index (Phi) is 3.55. The van der Waals surface area contributed by atoms with Gasteiger partial charge in [0, 0.05) is 12.1 Å². The minimum atomic E-state index is -0.977. The highest BCUT2D eigenvalue weighted by Gasteiger charge is 2.23. The van der Waals surface area contributed by atoms with Crippen molar-refractivity contribution in [2.75, 3.05) is 0 Å². The van der Waals surface area contributed by atoms with Crippen molar-refractivity contribution >= 4 is 17.1 Å². The number of aromatic carboxylic acids is 1. The minimum Gasteiger partial charge on any atom is -0.478 e. The molecule has 0 unspecified atom stereocenters. The number of H-pyrrole nitrogens is 1. The maximum Gasteiger partial charge on any atom is 0.337 e. The number of fused-ring (bicyclic) bond motifs is 1. The zero-order valence-electron chi connectivity index (χ0n) is 11.6. The molecule has 0 aliphatic heterocycles. The highest BCUT2D eigenvalue weighted by atomic mass is 16.4. The van der Waals surface area contributed by atoms with Gasteiger partial charge >= 0.3 is 5.97 Å². The molecule has 0 fully saturated rings. The van der Waals surface area contributed by atoms with Crippen LogP contribution in [0.25, 0.3) is 11.2 Å². The molecule has 0 aliphatic carbocycles. The quantitative estimate of drug-likeness (QED) is 0.886. The van der Waals surface area contributed by atoms with Crippen LogP contribution in [0.2, 0.25) is 0 Å². The Balaban J connectivity index is 2.48. The van der Waals surface area contributed by atoms with Gasteiger partial charge in [0.15, 0.2) is 5.65 Å². The van der Waals surface area contributed by atoms with Gasteiger partial charge in [-0.25, -0.2) is 14.8 Å². The Morgan fingerprint density at radius 3 is 2.42 bits per heavy atom. The number of carbonyl (C=O) groups is 1. The SMILES string of the molecule is CC(C)C(c1nc2ncc(C(=O)O)cc2[nH]1)C(C)C. The number of nitrogens with one attached hydrogen (secondary N) is 1. The maximum atomic E-state index is 10.9. The fourth-order valence-corrected chi connectivity index (χ4v) is 2.59. The summed E-state index contributed by atoms with van der Waals surface area (Å²) in [5.74, 6) is 1.13. The van der Waals surface area contributed by atoms with Crippen molar-refractivity contribution in [1.29, 1.82) is 0 Å². The number of hydrogen-bond acceptors (Lipinski definition) is 3. The number of aromatic amines is 1. The fourth-order valence-electron chi connectivity index (χ4n) is 2.59. The number of aromatic nitrogens is 3. The van der Waals surface area contributed by atoms with E-state index in [1.165, 1.54) is 6.20 Å². The Morgan fingerprint density at radius 1 is 1.26 bits per heavy atom. The van der Waals surface area contributed by atoms with Crippen LogP contribution in [0.15, 0.2) is 12.3 Å².